The van der Waals surface area contributed by atoms with E-state index < -0.39 is 18.0 Å². The molecule has 90 valence electrons. The van der Waals surface area contributed by atoms with Gasteiger partial charge < -0.3 is 14.7 Å². The summed E-state index contributed by atoms with van der Waals surface area (Å²) in [5.41, 5.74) is 0. The molecule has 16 heavy (non-hydrogen) atoms. The van der Waals surface area contributed by atoms with E-state index in [9.17, 15) is 14.4 Å². The maximum Gasteiger partial charge on any atom is 0.407 e. The van der Waals surface area contributed by atoms with Gasteiger partial charge in [0.05, 0.1) is 5.92 Å². The van der Waals surface area contributed by atoms with Crippen molar-refractivity contribution in [3.8, 4) is 0 Å². The maximum absolute atomic E-state index is 11.5. The lowest BCUT2D eigenvalue weighted by atomic mass is 9.99. The fourth-order valence-electron chi connectivity index (χ4n) is 1.63. The Kier molecular flexibility index (Phi) is 4.28. The Labute approximate surface area is 93.2 Å². The van der Waals surface area contributed by atoms with Crippen molar-refractivity contribution in [3.05, 3.63) is 0 Å². The van der Waals surface area contributed by atoms with Crippen molar-refractivity contribution < 1.29 is 24.2 Å². The van der Waals surface area contributed by atoms with E-state index in [2.05, 4.69) is 0 Å². The molecule has 6 nitrogen and oxygen atoms in total. The van der Waals surface area contributed by atoms with Crippen molar-refractivity contribution in [2.45, 2.75) is 19.8 Å². The molecule has 0 aromatic carbocycles. The van der Waals surface area contributed by atoms with Crippen molar-refractivity contribution in [1.82, 2.24) is 4.90 Å². The minimum absolute atomic E-state index is 0.159. The van der Waals surface area contributed by atoms with Gasteiger partial charge in [-0.15, -0.1) is 0 Å². The molecule has 1 unspecified atom stereocenters. The Bertz CT molecular complexity index is 302. The number of carbonyl (C=O) groups excluding carboxylic acids is 2. The average Bonchev–Trinajstić information content (AvgIpc) is 2.26. The van der Waals surface area contributed by atoms with Crippen LogP contribution in [0.3, 0.4) is 0 Å². The van der Waals surface area contributed by atoms with Crippen LogP contribution in [0.15, 0.2) is 0 Å². The molecule has 0 radical (unpaired) electrons. The number of ketones is 1. The van der Waals surface area contributed by atoms with Crippen LogP contribution >= 0.6 is 0 Å². The van der Waals surface area contributed by atoms with E-state index in [1.165, 1.54) is 11.8 Å². The Morgan fingerprint density at radius 2 is 2.12 bits per heavy atom. The summed E-state index contributed by atoms with van der Waals surface area (Å²) in [6.07, 6.45) is 0.233. The molecule has 0 saturated carbocycles. The van der Waals surface area contributed by atoms with E-state index in [1.807, 2.05) is 0 Å². The number of Topliss-reactive ketones (excluding diaryl/α,β-unsaturated/α-hetero) is 1. The number of likely N-dealkylation sites (tertiary alicyclic amines) is 1. The molecule has 0 aliphatic carbocycles. The Morgan fingerprint density at radius 1 is 1.44 bits per heavy atom. The van der Waals surface area contributed by atoms with Crippen molar-refractivity contribution >= 4 is 17.8 Å². The number of hydrogen-bond donors (Lipinski definition) is 1. The van der Waals surface area contributed by atoms with Crippen molar-refractivity contribution in [2.24, 2.45) is 5.92 Å². The first-order chi connectivity index (χ1) is 7.50. The molecule has 6 heteroatoms. The molecule has 1 saturated heterocycles. The summed E-state index contributed by atoms with van der Waals surface area (Å²) in [5, 5.41) is 8.78. The quantitative estimate of drug-likeness (QED) is 0.713. The fraction of sp³-hybridized carbons (Fsp3) is 0.700. The summed E-state index contributed by atoms with van der Waals surface area (Å²) in [4.78, 5) is 34.0. The van der Waals surface area contributed by atoms with Gasteiger partial charge in [0.2, 0.25) is 0 Å². The van der Waals surface area contributed by atoms with Crippen LogP contribution in [-0.2, 0) is 14.3 Å². The van der Waals surface area contributed by atoms with Crippen LogP contribution in [0.5, 0.6) is 0 Å². The summed E-state index contributed by atoms with van der Waals surface area (Å²) in [6, 6.07) is 0. The molecule has 1 atom stereocenters. The van der Waals surface area contributed by atoms with Gasteiger partial charge in [0, 0.05) is 13.1 Å². The second-order valence-electron chi connectivity index (χ2n) is 3.88. The smallest absolute Gasteiger partial charge is 0.407 e. The molecule has 1 N–H and O–H groups in total. The number of esters is 1. The second-order valence-corrected chi connectivity index (χ2v) is 3.88. The number of carbonyl (C=O) groups is 3. The Hall–Kier alpha value is -1.59. The molecule has 1 fully saturated rings. The van der Waals surface area contributed by atoms with Gasteiger partial charge in [-0.2, -0.15) is 0 Å². The molecule has 0 aromatic heterocycles. The summed E-state index contributed by atoms with van der Waals surface area (Å²) in [7, 11) is 0. The lowest BCUT2D eigenvalue weighted by Crippen LogP contribution is -2.42. The Balaban J connectivity index is 2.43. The lowest BCUT2D eigenvalue weighted by molar-refractivity contribution is -0.153. The zero-order valence-electron chi connectivity index (χ0n) is 9.14. The van der Waals surface area contributed by atoms with Crippen LogP contribution in [0, 0.1) is 5.92 Å². The van der Waals surface area contributed by atoms with Crippen LogP contribution in [0.2, 0.25) is 0 Å². The van der Waals surface area contributed by atoms with E-state index >= 15 is 0 Å². The third kappa shape index (κ3) is 3.52. The lowest BCUT2D eigenvalue weighted by Gasteiger charge is -2.29. The first kappa shape index (κ1) is 12.5. The van der Waals surface area contributed by atoms with Crippen molar-refractivity contribution in [1.29, 1.82) is 0 Å². The first-order valence-electron chi connectivity index (χ1n) is 5.14. The fourth-order valence-corrected chi connectivity index (χ4v) is 1.63. The minimum Gasteiger partial charge on any atom is -0.465 e. The minimum atomic E-state index is -1.02. The molecule has 1 aliphatic heterocycles. The van der Waals surface area contributed by atoms with Gasteiger partial charge in [-0.25, -0.2) is 4.79 Å². The highest BCUT2D eigenvalue weighted by Crippen LogP contribution is 2.17. The second kappa shape index (κ2) is 5.48. The molecular formula is C10H15NO5. The van der Waals surface area contributed by atoms with Gasteiger partial charge in [-0.05, 0) is 19.8 Å². The van der Waals surface area contributed by atoms with Gasteiger partial charge in [-0.1, -0.05) is 0 Å². The van der Waals surface area contributed by atoms with Crippen molar-refractivity contribution in [3.63, 3.8) is 0 Å². The number of nitrogens with zero attached hydrogens (tertiary/aromatic N) is 1. The number of rotatable bonds is 3. The molecule has 1 heterocycles. The van der Waals surface area contributed by atoms with Gasteiger partial charge in [0.15, 0.2) is 5.78 Å². The van der Waals surface area contributed by atoms with E-state index in [0.717, 1.165) is 0 Å². The SMILES string of the molecule is CC(=O)COC(=O)C1CCCN(C(=O)O)C1. The molecule has 0 spiro atoms. The third-order valence-electron chi connectivity index (χ3n) is 2.44. The highest BCUT2D eigenvalue weighted by atomic mass is 16.5. The summed E-state index contributed by atoms with van der Waals surface area (Å²) < 4.78 is 4.76. The Morgan fingerprint density at radius 3 is 2.69 bits per heavy atom. The first-order valence-corrected chi connectivity index (χ1v) is 5.14. The zero-order valence-corrected chi connectivity index (χ0v) is 9.14. The van der Waals surface area contributed by atoms with E-state index in [4.69, 9.17) is 9.84 Å². The summed E-state index contributed by atoms with van der Waals surface area (Å²) >= 11 is 0. The standard InChI is InChI=1S/C10H15NO5/c1-7(12)6-16-9(13)8-3-2-4-11(5-8)10(14)15/h8H,2-6H2,1H3,(H,14,15). The topological polar surface area (TPSA) is 83.9 Å². The molecule has 1 aliphatic rings. The highest BCUT2D eigenvalue weighted by molar-refractivity contribution is 5.81. The zero-order chi connectivity index (χ0) is 12.1. The maximum atomic E-state index is 11.5. The monoisotopic (exact) mass is 229 g/mol. The summed E-state index contributed by atoms with van der Waals surface area (Å²) in [5.74, 6) is -1.15. The molecule has 0 bridgehead atoms. The van der Waals surface area contributed by atoms with Crippen LogP contribution in [0.4, 0.5) is 4.79 Å². The van der Waals surface area contributed by atoms with Gasteiger partial charge in [0.1, 0.15) is 6.61 Å². The van der Waals surface area contributed by atoms with E-state index in [0.29, 0.717) is 19.4 Å². The van der Waals surface area contributed by atoms with Crippen molar-refractivity contribution in [2.75, 3.05) is 19.7 Å². The molecular weight excluding hydrogens is 214 g/mol. The third-order valence-corrected chi connectivity index (χ3v) is 2.44. The largest absolute Gasteiger partial charge is 0.465 e. The van der Waals surface area contributed by atoms with Crippen LogP contribution in [-0.4, -0.2) is 47.5 Å². The number of amides is 1. The van der Waals surface area contributed by atoms with Crippen LogP contribution < -0.4 is 0 Å². The van der Waals surface area contributed by atoms with E-state index in [1.54, 1.807) is 0 Å². The predicted molar refractivity (Wildman–Crippen MR) is 54.0 cm³/mol. The van der Waals surface area contributed by atoms with Gasteiger partial charge >= 0.3 is 12.1 Å². The molecule has 1 amide bonds. The highest BCUT2D eigenvalue weighted by Gasteiger charge is 2.29. The van der Waals surface area contributed by atoms with Gasteiger partial charge in [0.25, 0.3) is 0 Å². The number of ether oxygens (including phenoxy) is 1. The van der Waals surface area contributed by atoms with Crippen LogP contribution in [0.1, 0.15) is 19.8 Å². The predicted octanol–water partition coefficient (Wildman–Crippen LogP) is 0.509. The van der Waals surface area contributed by atoms with Crippen LogP contribution in [0.25, 0.3) is 0 Å². The van der Waals surface area contributed by atoms with Gasteiger partial charge in [-0.3, -0.25) is 9.59 Å². The van der Waals surface area contributed by atoms with E-state index in [-0.39, 0.29) is 18.9 Å². The normalized spacial score (nSPS) is 20.3. The number of hydrogen-bond acceptors (Lipinski definition) is 4. The number of piperidine rings is 1. The molecule has 1 rings (SSSR count). The summed E-state index contributed by atoms with van der Waals surface area (Å²) in [6.45, 7) is 1.71. The molecule has 0 aromatic rings. The number of carboxylic acid groups (broad SMARTS) is 1. The average molecular weight is 229 g/mol.